The quantitative estimate of drug-likeness (QED) is 0.284. The van der Waals surface area contributed by atoms with Gasteiger partial charge in [-0.1, -0.05) is 32.0 Å². The first kappa shape index (κ1) is 28.0. The number of hydrogen-bond acceptors (Lipinski definition) is 7. The summed E-state index contributed by atoms with van der Waals surface area (Å²) in [6.07, 6.45) is 3.80. The van der Waals surface area contributed by atoms with E-state index in [4.69, 9.17) is 9.47 Å². The van der Waals surface area contributed by atoms with Gasteiger partial charge < -0.3 is 14.5 Å². The van der Waals surface area contributed by atoms with Gasteiger partial charge >= 0.3 is 0 Å². The third kappa shape index (κ3) is 5.81. The maximum Gasteiger partial charge on any atom is 0.253 e. The number of pyridine rings is 1. The summed E-state index contributed by atoms with van der Waals surface area (Å²) < 4.78 is 13.5. The van der Waals surface area contributed by atoms with Crippen LogP contribution in [0.3, 0.4) is 0 Å². The van der Waals surface area contributed by atoms with E-state index in [1.807, 2.05) is 35.0 Å². The molecule has 5 rings (SSSR count). The van der Waals surface area contributed by atoms with Crippen molar-refractivity contribution < 1.29 is 9.47 Å². The summed E-state index contributed by atoms with van der Waals surface area (Å²) in [5, 5.41) is 14.1. The molecule has 2 aromatic carbocycles. The van der Waals surface area contributed by atoms with Crippen LogP contribution in [-0.2, 0) is 23.2 Å². The molecular formula is C31H40N6O3. The van der Waals surface area contributed by atoms with Gasteiger partial charge in [-0.15, -0.1) is 5.10 Å². The van der Waals surface area contributed by atoms with Gasteiger partial charge in [0.15, 0.2) is 5.82 Å². The van der Waals surface area contributed by atoms with Crippen molar-refractivity contribution in [3.05, 3.63) is 81.4 Å². The topological polar surface area (TPSA) is 98.2 Å². The van der Waals surface area contributed by atoms with Crippen molar-refractivity contribution in [1.29, 1.82) is 0 Å². The monoisotopic (exact) mass is 544 g/mol. The van der Waals surface area contributed by atoms with E-state index in [9.17, 15) is 4.79 Å². The summed E-state index contributed by atoms with van der Waals surface area (Å²) in [7, 11) is 1.67. The second-order valence-corrected chi connectivity index (χ2v) is 11.3. The van der Waals surface area contributed by atoms with E-state index >= 15 is 0 Å². The summed E-state index contributed by atoms with van der Waals surface area (Å²) in [6.45, 7) is 10.4. The molecule has 2 atom stereocenters. The van der Waals surface area contributed by atoms with Crippen LogP contribution in [0.1, 0.15) is 75.5 Å². The van der Waals surface area contributed by atoms with Crippen LogP contribution >= 0.6 is 0 Å². The number of benzene rings is 2. The second-order valence-electron chi connectivity index (χ2n) is 11.3. The highest BCUT2D eigenvalue weighted by molar-refractivity contribution is 5.80. The number of fused-ring (bicyclic) bond motifs is 1. The third-order valence-corrected chi connectivity index (χ3v) is 8.16. The van der Waals surface area contributed by atoms with E-state index in [-0.39, 0.29) is 17.2 Å². The van der Waals surface area contributed by atoms with Crippen LogP contribution in [0.5, 0.6) is 5.75 Å². The predicted octanol–water partition coefficient (Wildman–Crippen LogP) is 5.00. The number of tetrazole rings is 1. The third-order valence-electron chi connectivity index (χ3n) is 8.16. The maximum atomic E-state index is 13.8. The summed E-state index contributed by atoms with van der Waals surface area (Å²) in [4.78, 5) is 19.3. The van der Waals surface area contributed by atoms with Crippen molar-refractivity contribution in [2.75, 3.05) is 20.3 Å². The molecule has 40 heavy (non-hydrogen) atoms. The van der Waals surface area contributed by atoms with E-state index in [1.54, 1.807) is 7.11 Å². The predicted molar refractivity (Wildman–Crippen MR) is 156 cm³/mol. The maximum absolute atomic E-state index is 13.8. The van der Waals surface area contributed by atoms with Crippen LogP contribution in [0.25, 0.3) is 10.9 Å². The summed E-state index contributed by atoms with van der Waals surface area (Å²) in [6, 6.07) is 15.8. The number of nitrogens with one attached hydrogen (secondary N) is 1. The van der Waals surface area contributed by atoms with E-state index in [2.05, 4.69) is 71.3 Å². The standard InChI is InChI=1S/C31H40N6O3/c1-6-21-13-14-27-23(16-21)18-26(30(38)32-27)28(29-33-34-35-37(29)31(3,4)7-2)36(20-25-12-9-15-40-25)19-22-10-8-11-24(17-22)39-5/h8,10-11,13-14,16-18,25,28H,6-7,9,12,15,19-20H2,1-5H3,(H,32,38)/t25-,28+/m1/s1. The van der Waals surface area contributed by atoms with Gasteiger partial charge in [-0.05, 0) is 96.8 Å². The molecule has 1 saturated heterocycles. The Morgan fingerprint density at radius 1 is 1.18 bits per heavy atom. The molecule has 4 aromatic rings. The average Bonchev–Trinajstić information content (AvgIpc) is 3.66. The van der Waals surface area contributed by atoms with Crippen LogP contribution in [0, 0.1) is 0 Å². The van der Waals surface area contributed by atoms with E-state index in [1.165, 1.54) is 5.56 Å². The molecule has 1 aliphatic rings. The Bertz CT molecular complexity index is 1500. The zero-order chi connectivity index (χ0) is 28.3. The normalized spacial score (nSPS) is 16.6. The molecule has 2 aromatic heterocycles. The number of H-pyrrole nitrogens is 1. The van der Waals surface area contributed by atoms with Gasteiger partial charge in [-0.2, -0.15) is 0 Å². The lowest BCUT2D eigenvalue weighted by Gasteiger charge is -2.34. The molecule has 0 bridgehead atoms. The highest BCUT2D eigenvalue weighted by atomic mass is 16.5. The van der Waals surface area contributed by atoms with Crippen molar-refractivity contribution in [3.63, 3.8) is 0 Å². The number of ether oxygens (including phenoxy) is 2. The first-order valence-electron chi connectivity index (χ1n) is 14.3. The Morgan fingerprint density at radius 2 is 2.02 bits per heavy atom. The van der Waals surface area contributed by atoms with Crippen molar-refractivity contribution in [1.82, 2.24) is 30.1 Å². The Labute approximate surface area is 235 Å². The molecule has 9 nitrogen and oxygen atoms in total. The Balaban J connectivity index is 1.71. The molecule has 0 unspecified atom stereocenters. The summed E-state index contributed by atoms with van der Waals surface area (Å²) in [5.41, 5.74) is 3.23. The molecule has 0 radical (unpaired) electrons. The zero-order valence-electron chi connectivity index (χ0n) is 24.2. The lowest BCUT2D eigenvalue weighted by molar-refractivity contribution is 0.0562. The molecule has 0 saturated carbocycles. The van der Waals surface area contributed by atoms with Crippen molar-refractivity contribution in [2.45, 2.75) is 77.6 Å². The fourth-order valence-electron chi connectivity index (χ4n) is 5.46. The molecule has 0 aliphatic carbocycles. The van der Waals surface area contributed by atoms with Crippen LogP contribution in [-0.4, -0.2) is 56.5 Å². The minimum Gasteiger partial charge on any atom is -0.497 e. The largest absolute Gasteiger partial charge is 0.497 e. The van der Waals surface area contributed by atoms with E-state index in [0.29, 0.717) is 24.5 Å². The number of aryl methyl sites for hydroxylation is 1. The molecule has 1 N–H and O–H groups in total. The fraction of sp³-hybridized carbons (Fsp3) is 0.484. The highest BCUT2D eigenvalue weighted by Crippen LogP contribution is 2.33. The highest BCUT2D eigenvalue weighted by Gasteiger charge is 2.36. The van der Waals surface area contributed by atoms with Gasteiger partial charge in [0.25, 0.3) is 5.56 Å². The number of hydrogen-bond donors (Lipinski definition) is 1. The molecule has 1 aliphatic heterocycles. The number of methoxy groups -OCH3 is 1. The lowest BCUT2D eigenvalue weighted by atomic mass is 9.98. The zero-order valence-corrected chi connectivity index (χ0v) is 24.2. The first-order valence-corrected chi connectivity index (χ1v) is 14.3. The SMILES string of the molecule is CCc1ccc2[nH]c(=O)c([C@@H](c3nnnn3C(C)(C)CC)N(Cc3cccc(OC)c3)C[C@H]3CCCO3)cc2c1. The molecule has 3 heterocycles. The lowest BCUT2D eigenvalue weighted by Crippen LogP contribution is -2.41. The molecule has 212 valence electrons. The van der Waals surface area contributed by atoms with Crippen molar-refractivity contribution in [3.8, 4) is 5.75 Å². The molecule has 1 fully saturated rings. The first-order chi connectivity index (χ1) is 19.3. The van der Waals surface area contributed by atoms with Crippen LogP contribution in [0.4, 0.5) is 0 Å². The van der Waals surface area contributed by atoms with Gasteiger partial charge in [0, 0.05) is 30.8 Å². The molecule has 0 amide bonds. The Morgan fingerprint density at radius 3 is 2.75 bits per heavy atom. The number of nitrogens with zero attached hydrogens (tertiary/aromatic N) is 5. The van der Waals surface area contributed by atoms with Crippen molar-refractivity contribution in [2.24, 2.45) is 0 Å². The van der Waals surface area contributed by atoms with Gasteiger partial charge in [0.2, 0.25) is 0 Å². The van der Waals surface area contributed by atoms with Gasteiger partial charge in [-0.3, -0.25) is 9.69 Å². The second kappa shape index (κ2) is 11.9. The average molecular weight is 545 g/mol. The summed E-state index contributed by atoms with van der Waals surface area (Å²) >= 11 is 0. The number of aromatic amines is 1. The Kier molecular flexibility index (Phi) is 8.32. The fourth-order valence-corrected chi connectivity index (χ4v) is 5.46. The number of rotatable bonds is 11. The molecule has 0 spiro atoms. The van der Waals surface area contributed by atoms with Gasteiger partial charge in [-0.25, -0.2) is 4.68 Å². The van der Waals surface area contributed by atoms with Gasteiger partial charge in [0.05, 0.1) is 18.8 Å². The molecular weight excluding hydrogens is 504 g/mol. The van der Waals surface area contributed by atoms with Crippen LogP contribution in [0.15, 0.2) is 53.3 Å². The van der Waals surface area contributed by atoms with Crippen LogP contribution < -0.4 is 10.3 Å². The Hall–Kier alpha value is -3.56. The van der Waals surface area contributed by atoms with Gasteiger partial charge in [0.1, 0.15) is 11.8 Å². The van der Waals surface area contributed by atoms with E-state index < -0.39 is 6.04 Å². The molecule has 9 heteroatoms. The summed E-state index contributed by atoms with van der Waals surface area (Å²) in [5.74, 6) is 1.43. The minimum atomic E-state index is -0.505. The van der Waals surface area contributed by atoms with E-state index in [0.717, 1.165) is 54.5 Å². The van der Waals surface area contributed by atoms with Crippen LogP contribution in [0.2, 0.25) is 0 Å². The smallest absolute Gasteiger partial charge is 0.253 e. The number of aromatic nitrogens is 5. The minimum absolute atomic E-state index is 0.0582. The van der Waals surface area contributed by atoms with Crippen molar-refractivity contribution >= 4 is 10.9 Å².